The van der Waals surface area contributed by atoms with Crippen molar-refractivity contribution in [2.75, 3.05) is 0 Å². The third-order valence-electron chi connectivity index (χ3n) is 11.2. The molecule has 4 nitrogen and oxygen atoms in total. The van der Waals surface area contributed by atoms with Gasteiger partial charge < -0.3 is 18.0 Å². The molecule has 248 valence electrons. The van der Waals surface area contributed by atoms with Gasteiger partial charge in [0.15, 0.2) is 0 Å². The normalized spacial score (nSPS) is 12.2. The lowest BCUT2D eigenvalue weighted by Crippen LogP contribution is -1.94. The molecule has 0 aliphatic heterocycles. The van der Waals surface area contributed by atoms with Crippen LogP contribution in [-0.4, -0.2) is 9.13 Å². The van der Waals surface area contributed by atoms with Crippen molar-refractivity contribution in [2.45, 2.75) is 6.92 Å². The van der Waals surface area contributed by atoms with Crippen LogP contribution in [0, 0.1) is 6.92 Å². The molecular formula is C49H30N2O2. The van der Waals surface area contributed by atoms with Crippen LogP contribution in [0.4, 0.5) is 0 Å². The summed E-state index contributed by atoms with van der Waals surface area (Å²) in [4.78, 5) is 0. The topological polar surface area (TPSA) is 36.1 Å². The molecule has 53 heavy (non-hydrogen) atoms. The van der Waals surface area contributed by atoms with Crippen LogP contribution in [0.5, 0.6) is 0 Å². The van der Waals surface area contributed by atoms with E-state index in [4.69, 9.17) is 8.83 Å². The summed E-state index contributed by atoms with van der Waals surface area (Å²) in [5.74, 6) is 0. The second-order valence-electron chi connectivity index (χ2n) is 14.2. The molecule has 0 fully saturated rings. The minimum atomic E-state index is 0.879. The summed E-state index contributed by atoms with van der Waals surface area (Å²) in [6.07, 6.45) is 0. The highest BCUT2D eigenvalue weighted by molar-refractivity contribution is 6.13. The van der Waals surface area contributed by atoms with E-state index in [1.807, 2.05) is 12.1 Å². The molecule has 12 aromatic rings. The highest BCUT2D eigenvalue weighted by atomic mass is 16.3. The van der Waals surface area contributed by atoms with E-state index in [9.17, 15) is 0 Å². The van der Waals surface area contributed by atoms with E-state index in [2.05, 4.69) is 168 Å². The molecule has 0 N–H and O–H groups in total. The maximum absolute atomic E-state index is 6.45. The number of rotatable bonds is 3. The Balaban J connectivity index is 1.05. The van der Waals surface area contributed by atoms with E-state index in [0.717, 1.165) is 55.3 Å². The summed E-state index contributed by atoms with van der Waals surface area (Å²) in [5.41, 5.74) is 14.1. The van der Waals surface area contributed by atoms with Crippen LogP contribution in [0.2, 0.25) is 0 Å². The van der Waals surface area contributed by atoms with Gasteiger partial charge in [-0.2, -0.15) is 0 Å². The molecule has 0 saturated carbocycles. The zero-order valence-electron chi connectivity index (χ0n) is 28.8. The van der Waals surface area contributed by atoms with Gasteiger partial charge in [-0.25, -0.2) is 0 Å². The second-order valence-corrected chi connectivity index (χ2v) is 14.2. The van der Waals surface area contributed by atoms with Gasteiger partial charge in [0.2, 0.25) is 0 Å². The Morgan fingerprint density at radius 1 is 0.321 bits per heavy atom. The fourth-order valence-corrected chi connectivity index (χ4v) is 8.73. The summed E-state index contributed by atoms with van der Waals surface area (Å²) in [7, 11) is 0. The van der Waals surface area contributed by atoms with Crippen molar-refractivity contribution < 1.29 is 8.83 Å². The number of para-hydroxylation sites is 3. The molecule has 0 radical (unpaired) electrons. The van der Waals surface area contributed by atoms with Gasteiger partial charge >= 0.3 is 0 Å². The molecule has 0 atom stereocenters. The molecule has 0 saturated heterocycles. The second kappa shape index (κ2) is 10.5. The Kier molecular flexibility index (Phi) is 5.67. The molecule has 4 aromatic heterocycles. The van der Waals surface area contributed by atoms with Crippen LogP contribution >= 0.6 is 0 Å². The third-order valence-corrected chi connectivity index (χ3v) is 11.2. The number of aromatic nitrogens is 2. The molecule has 4 heterocycles. The molecule has 4 heteroatoms. The number of aryl methyl sites for hydroxylation is 1. The first-order chi connectivity index (χ1) is 26.2. The van der Waals surface area contributed by atoms with Gasteiger partial charge in [0.1, 0.15) is 22.3 Å². The summed E-state index contributed by atoms with van der Waals surface area (Å²) in [5, 5.41) is 9.44. The summed E-state index contributed by atoms with van der Waals surface area (Å²) in [6, 6.07) is 58.9. The first kappa shape index (κ1) is 28.6. The van der Waals surface area contributed by atoms with E-state index in [1.165, 1.54) is 60.3 Å². The largest absolute Gasteiger partial charge is 0.456 e. The number of furan rings is 2. The van der Waals surface area contributed by atoms with Gasteiger partial charge in [0, 0.05) is 54.5 Å². The van der Waals surface area contributed by atoms with Crippen LogP contribution in [-0.2, 0) is 0 Å². The first-order valence-corrected chi connectivity index (χ1v) is 18.1. The monoisotopic (exact) mass is 678 g/mol. The Morgan fingerprint density at radius 2 is 0.755 bits per heavy atom. The van der Waals surface area contributed by atoms with Crippen molar-refractivity contribution in [3.8, 4) is 22.5 Å². The van der Waals surface area contributed by atoms with Gasteiger partial charge in [-0.1, -0.05) is 78.4 Å². The molecule has 0 aliphatic rings. The molecule has 0 bridgehead atoms. The van der Waals surface area contributed by atoms with Gasteiger partial charge in [-0.3, -0.25) is 0 Å². The van der Waals surface area contributed by atoms with Crippen molar-refractivity contribution in [3.63, 3.8) is 0 Å². The zero-order chi connectivity index (χ0) is 34.8. The van der Waals surface area contributed by atoms with Gasteiger partial charge in [-0.15, -0.1) is 0 Å². The number of hydrogen-bond donors (Lipinski definition) is 0. The molecule has 0 aliphatic carbocycles. The minimum Gasteiger partial charge on any atom is -0.456 e. The Morgan fingerprint density at radius 3 is 1.40 bits per heavy atom. The molecule has 8 aromatic carbocycles. The Bertz CT molecular complexity index is 3430. The average molecular weight is 679 g/mol. The number of hydrogen-bond acceptors (Lipinski definition) is 2. The SMILES string of the molecule is Cc1ccc2c(c1)c1cc(-c3ccc4oc5ccccc5c4c3)ccc1n2-c1ccc2oc3ccc(-n4c5ccccc5c5ccccc54)cc3c2c1. The van der Waals surface area contributed by atoms with Gasteiger partial charge in [-0.05, 0) is 109 Å². The van der Waals surface area contributed by atoms with Crippen LogP contribution < -0.4 is 0 Å². The fraction of sp³-hybridized carbons (Fsp3) is 0.0204. The number of fused-ring (bicyclic) bond motifs is 12. The lowest BCUT2D eigenvalue weighted by molar-refractivity contribution is 0.668. The fourth-order valence-electron chi connectivity index (χ4n) is 8.73. The molecular weight excluding hydrogens is 649 g/mol. The van der Waals surface area contributed by atoms with Crippen molar-refractivity contribution in [1.29, 1.82) is 0 Å². The Hall–Kier alpha value is -7.04. The molecule has 0 unspecified atom stereocenters. The molecule has 12 rings (SSSR count). The van der Waals surface area contributed by atoms with Crippen molar-refractivity contribution in [2.24, 2.45) is 0 Å². The van der Waals surface area contributed by atoms with Crippen LogP contribution in [0.1, 0.15) is 5.56 Å². The number of nitrogens with zero attached hydrogens (tertiary/aromatic N) is 2. The molecule has 0 amide bonds. The predicted octanol–water partition coefficient (Wildman–Crippen LogP) is 13.7. The highest BCUT2D eigenvalue weighted by Gasteiger charge is 2.18. The van der Waals surface area contributed by atoms with E-state index in [-0.39, 0.29) is 0 Å². The van der Waals surface area contributed by atoms with E-state index < -0.39 is 0 Å². The minimum absolute atomic E-state index is 0.879. The molecule has 0 spiro atoms. The van der Waals surface area contributed by atoms with Crippen molar-refractivity contribution in [1.82, 2.24) is 9.13 Å². The zero-order valence-corrected chi connectivity index (χ0v) is 28.8. The van der Waals surface area contributed by atoms with E-state index in [0.29, 0.717) is 0 Å². The van der Waals surface area contributed by atoms with E-state index in [1.54, 1.807) is 0 Å². The quantitative estimate of drug-likeness (QED) is 0.186. The lowest BCUT2D eigenvalue weighted by atomic mass is 10.0. The summed E-state index contributed by atoms with van der Waals surface area (Å²) >= 11 is 0. The highest BCUT2D eigenvalue weighted by Crippen LogP contribution is 2.40. The van der Waals surface area contributed by atoms with Gasteiger partial charge in [0.05, 0.1) is 22.1 Å². The maximum Gasteiger partial charge on any atom is 0.135 e. The predicted molar refractivity (Wildman–Crippen MR) is 220 cm³/mol. The third kappa shape index (κ3) is 4.06. The van der Waals surface area contributed by atoms with Crippen LogP contribution in [0.3, 0.4) is 0 Å². The standard InChI is InChI=1S/C49H30N2O2/c1-29-14-19-44-37(24-29)38-25-30(31-16-21-47-39(26-31)36-10-4-7-13-46(36)52-47)15-20-45(38)51(44)33-18-23-49-41(28-33)40-27-32(17-22-48(40)53-49)50-42-11-5-2-8-34(42)35-9-3-6-12-43(35)50/h2-28H,1H3. The average Bonchev–Trinajstić information content (AvgIpc) is 3.94. The summed E-state index contributed by atoms with van der Waals surface area (Å²) in [6.45, 7) is 2.17. The van der Waals surface area contributed by atoms with Crippen LogP contribution in [0.15, 0.2) is 173 Å². The van der Waals surface area contributed by atoms with Crippen molar-refractivity contribution in [3.05, 3.63) is 169 Å². The first-order valence-electron chi connectivity index (χ1n) is 18.1. The lowest BCUT2D eigenvalue weighted by Gasteiger charge is -2.09. The summed E-state index contributed by atoms with van der Waals surface area (Å²) < 4.78 is 17.4. The van der Waals surface area contributed by atoms with Crippen LogP contribution in [0.25, 0.3) is 110 Å². The van der Waals surface area contributed by atoms with Crippen molar-refractivity contribution >= 4 is 87.5 Å². The van der Waals surface area contributed by atoms with E-state index >= 15 is 0 Å². The number of benzene rings is 8. The Labute approximate surface area is 303 Å². The maximum atomic E-state index is 6.45. The smallest absolute Gasteiger partial charge is 0.135 e. The van der Waals surface area contributed by atoms with Gasteiger partial charge in [0.25, 0.3) is 0 Å².